The molecule has 1 atom stereocenters. The summed E-state index contributed by atoms with van der Waals surface area (Å²) in [5.41, 5.74) is 6.86. The second kappa shape index (κ2) is 35.7. The quantitative estimate of drug-likeness (QED) is 0.0417. The summed E-state index contributed by atoms with van der Waals surface area (Å²) >= 11 is 0. The molecule has 1 aromatic rings. The SMILES string of the molecule is CCCCCCCCCCCCC#CCCCCCCCCC(=O)NCCCOCCOCCOCCCNC(=O)[C@@H](N)Cc1ccc(O)cc1. The number of aromatic hydroxyl groups is 1. The molecule has 292 valence electrons. The van der Waals surface area contributed by atoms with Crippen LogP contribution in [0.2, 0.25) is 0 Å². The fourth-order valence-corrected chi connectivity index (χ4v) is 5.61. The number of nitrogens with one attached hydrogen (secondary N) is 2. The molecule has 0 saturated carbocycles. The molecule has 1 rings (SSSR count). The molecule has 0 aromatic heterocycles. The van der Waals surface area contributed by atoms with Crippen molar-refractivity contribution in [3.63, 3.8) is 0 Å². The molecule has 0 saturated heterocycles. The fraction of sp³-hybridized carbons (Fsp3) is 0.762. The molecular weight excluding hydrogens is 642 g/mol. The van der Waals surface area contributed by atoms with Crippen LogP contribution in [0.5, 0.6) is 5.75 Å². The van der Waals surface area contributed by atoms with E-state index in [-0.39, 0.29) is 17.6 Å². The molecule has 0 spiro atoms. The van der Waals surface area contributed by atoms with E-state index >= 15 is 0 Å². The summed E-state index contributed by atoms with van der Waals surface area (Å²) in [5.74, 6) is 6.84. The number of unbranched alkanes of at least 4 members (excludes halogenated alkanes) is 16. The molecular formula is C42H73N3O6. The Morgan fingerprint density at radius 3 is 1.61 bits per heavy atom. The van der Waals surface area contributed by atoms with E-state index in [1.807, 2.05) is 0 Å². The Labute approximate surface area is 310 Å². The number of hydrogen-bond donors (Lipinski definition) is 4. The highest BCUT2D eigenvalue weighted by molar-refractivity contribution is 5.81. The zero-order chi connectivity index (χ0) is 36.9. The summed E-state index contributed by atoms with van der Waals surface area (Å²) in [5, 5.41) is 15.2. The van der Waals surface area contributed by atoms with Gasteiger partial charge in [0.05, 0.1) is 32.5 Å². The van der Waals surface area contributed by atoms with Crippen LogP contribution in [-0.2, 0) is 30.2 Å². The molecule has 9 nitrogen and oxygen atoms in total. The molecule has 0 bridgehead atoms. The minimum atomic E-state index is -0.634. The summed E-state index contributed by atoms with van der Waals surface area (Å²) in [6, 6.07) is 6.05. The largest absolute Gasteiger partial charge is 0.508 e. The third kappa shape index (κ3) is 31.8. The van der Waals surface area contributed by atoms with E-state index in [0.717, 1.165) is 37.7 Å². The summed E-state index contributed by atoms with van der Waals surface area (Å²) in [6.07, 6.45) is 25.3. The van der Waals surface area contributed by atoms with Crippen LogP contribution in [0.15, 0.2) is 24.3 Å². The molecule has 0 aliphatic rings. The van der Waals surface area contributed by atoms with Gasteiger partial charge in [0, 0.05) is 45.6 Å². The predicted molar refractivity (Wildman–Crippen MR) is 209 cm³/mol. The lowest BCUT2D eigenvalue weighted by Gasteiger charge is -2.12. The van der Waals surface area contributed by atoms with Gasteiger partial charge in [-0.2, -0.15) is 0 Å². The number of nitrogens with two attached hydrogens (primary N) is 1. The lowest BCUT2D eigenvalue weighted by Crippen LogP contribution is -2.42. The lowest BCUT2D eigenvalue weighted by atomic mass is 10.1. The van der Waals surface area contributed by atoms with Gasteiger partial charge in [0.15, 0.2) is 0 Å². The van der Waals surface area contributed by atoms with Gasteiger partial charge in [0.2, 0.25) is 11.8 Å². The van der Waals surface area contributed by atoms with Gasteiger partial charge in [-0.25, -0.2) is 0 Å². The first-order valence-corrected chi connectivity index (χ1v) is 20.3. The average molecular weight is 716 g/mol. The summed E-state index contributed by atoms with van der Waals surface area (Å²) in [7, 11) is 0. The van der Waals surface area contributed by atoms with Gasteiger partial charge < -0.3 is 35.7 Å². The van der Waals surface area contributed by atoms with E-state index in [2.05, 4.69) is 29.4 Å². The maximum atomic E-state index is 12.1. The second-order valence-electron chi connectivity index (χ2n) is 13.6. The van der Waals surface area contributed by atoms with Crippen LogP contribution in [0, 0.1) is 11.8 Å². The minimum absolute atomic E-state index is 0.132. The van der Waals surface area contributed by atoms with E-state index in [1.165, 1.54) is 89.9 Å². The topological polar surface area (TPSA) is 132 Å². The predicted octanol–water partition coefficient (Wildman–Crippen LogP) is 7.76. The van der Waals surface area contributed by atoms with Crippen LogP contribution in [0.1, 0.15) is 147 Å². The van der Waals surface area contributed by atoms with Gasteiger partial charge in [-0.3, -0.25) is 9.59 Å². The first-order valence-electron chi connectivity index (χ1n) is 20.3. The minimum Gasteiger partial charge on any atom is -0.508 e. The molecule has 0 aliphatic carbocycles. The lowest BCUT2D eigenvalue weighted by molar-refractivity contribution is -0.122. The number of carbonyl (C=O) groups excluding carboxylic acids is 2. The zero-order valence-corrected chi connectivity index (χ0v) is 32.2. The van der Waals surface area contributed by atoms with Crippen LogP contribution in [0.25, 0.3) is 0 Å². The molecule has 51 heavy (non-hydrogen) atoms. The molecule has 0 aliphatic heterocycles. The van der Waals surface area contributed by atoms with E-state index in [0.29, 0.717) is 72.0 Å². The van der Waals surface area contributed by atoms with Crippen molar-refractivity contribution >= 4 is 11.8 Å². The third-order valence-electron chi connectivity index (χ3n) is 8.76. The average Bonchev–Trinajstić information content (AvgIpc) is 3.13. The smallest absolute Gasteiger partial charge is 0.237 e. The van der Waals surface area contributed by atoms with Gasteiger partial charge in [-0.15, -0.1) is 11.8 Å². The van der Waals surface area contributed by atoms with Gasteiger partial charge in [0.25, 0.3) is 0 Å². The number of phenols is 1. The first kappa shape index (κ1) is 46.4. The number of benzene rings is 1. The van der Waals surface area contributed by atoms with Crippen molar-refractivity contribution in [2.45, 2.75) is 154 Å². The van der Waals surface area contributed by atoms with Crippen molar-refractivity contribution in [3.8, 4) is 17.6 Å². The molecule has 2 amide bonds. The van der Waals surface area contributed by atoms with Crippen LogP contribution in [0.3, 0.4) is 0 Å². The molecule has 0 heterocycles. The Hall–Kier alpha value is -2.64. The van der Waals surface area contributed by atoms with Crippen LogP contribution in [-0.4, -0.2) is 75.7 Å². The van der Waals surface area contributed by atoms with Gasteiger partial charge in [0.1, 0.15) is 5.75 Å². The Kier molecular flexibility index (Phi) is 32.5. The van der Waals surface area contributed by atoms with Crippen LogP contribution < -0.4 is 16.4 Å². The summed E-state index contributed by atoms with van der Waals surface area (Å²) in [6.45, 7) is 6.49. The summed E-state index contributed by atoms with van der Waals surface area (Å²) in [4.78, 5) is 24.2. The van der Waals surface area contributed by atoms with Gasteiger partial charge in [-0.05, 0) is 56.2 Å². The fourth-order valence-electron chi connectivity index (χ4n) is 5.61. The zero-order valence-electron chi connectivity index (χ0n) is 32.2. The monoisotopic (exact) mass is 716 g/mol. The number of phenolic OH excluding ortho intramolecular Hbond substituents is 1. The number of carbonyl (C=O) groups is 2. The Morgan fingerprint density at radius 2 is 1.08 bits per heavy atom. The molecule has 9 heteroatoms. The first-order chi connectivity index (χ1) is 25.0. The van der Waals surface area contributed by atoms with Gasteiger partial charge >= 0.3 is 0 Å². The highest BCUT2D eigenvalue weighted by Gasteiger charge is 2.13. The maximum absolute atomic E-state index is 12.1. The maximum Gasteiger partial charge on any atom is 0.237 e. The normalized spacial score (nSPS) is 11.6. The highest BCUT2D eigenvalue weighted by Crippen LogP contribution is 2.12. The Morgan fingerprint density at radius 1 is 0.627 bits per heavy atom. The van der Waals surface area contributed by atoms with Crippen LogP contribution >= 0.6 is 0 Å². The van der Waals surface area contributed by atoms with Crippen molar-refractivity contribution in [2.75, 3.05) is 52.7 Å². The highest BCUT2D eigenvalue weighted by atomic mass is 16.5. The Balaban J connectivity index is 1.75. The number of amides is 2. The number of ether oxygens (including phenoxy) is 3. The third-order valence-corrected chi connectivity index (χ3v) is 8.76. The van der Waals surface area contributed by atoms with E-state index in [1.54, 1.807) is 24.3 Å². The summed E-state index contributed by atoms with van der Waals surface area (Å²) < 4.78 is 16.6. The molecule has 0 fully saturated rings. The van der Waals surface area contributed by atoms with E-state index in [4.69, 9.17) is 19.9 Å². The van der Waals surface area contributed by atoms with Crippen LogP contribution in [0.4, 0.5) is 0 Å². The van der Waals surface area contributed by atoms with Gasteiger partial charge in [-0.1, -0.05) is 103 Å². The number of hydrogen-bond acceptors (Lipinski definition) is 7. The Bertz CT molecular complexity index is 1010. The van der Waals surface area contributed by atoms with Crippen molar-refractivity contribution in [1.82, 2.24) is 10.6 Å². The molecule has 5 N–H and O–H groups in total. The van der Waals surface area contributed by atoms with Crippen molar-refractivity contribution < 1.29 is 28.9 Å². The van der Waals surface area contributed by atoms with E-state index < -0.39 is 6.04 Å². The van der Waals surface area contributed by atoms with Crippen molar-refractivity contribution in [2.24, 2.45) is 5.73 Å². The molecule has 0 unspecified atom stereocenters. The standard InChI is InChI=1S/C42H73N3O6/c1-2-3-4-5-6-7-8-9-10-11-12-13-14-15-16-17-18-19-20-21-24-41(47)44-29-22-31-49-33-35-51-36-34-50-32-23-30-45-42(48)40(43)37-38-25-27-39(46)28-26-38/h25-28,40,46H,2-12,15-24,29-37,43H2,1H3,(H,44,47)(H,45,48)/t40-/m0/s1. The van der Waals surface area contributed by atoms with E-state index in [9.17, 15) is 14.7 Å². The van der Waals surface area contributed by atoms with Crippen molar-refractivity contribution in [3.05, 3.63) is 29.8 Å². The van der Waals surface area contributed by atoms with Crippen molar-refractivity contribution in [1.29, 1.82) is 0 Å². The molecule has 0 radical (unpaired) electrons. The second-order valence-corrected chi connectivity index (χ2v) is 13.6. The molecule has 1 aromatic carbocycles. The number of rotatable bonds is 35.